The van der Waals surface area contributed by atoms with Crippen molar-refractivity contribution in [1.29, 1.82) is 0 Å². The third-order valence-corrected chi connectivity index (χ3v) is 5.82. The van der Waals surface area contributed by atoms with Gasteiger partial charge in [-0.2, -0.15) is 0 Å². The van der Waals surface area contributed by atoms with E-state index in [4.69, 9.17) is 0 Å². The molecule has 1 fully saturated rings. The van der Waals surface area contributed by atoms with Gasteiger partial charge in [-0.25, -0.2) is 0 Å². The molecule has 2 atom stereocenters. The Morgan fingerprint density at radius 3 is 2.68 bits per heavy atom. The maximum absolute atomic E-state index is 3.53. The Kier molecular flexibility index (Phi) is 4.97. The summed E-state index contributed by atoms with van der Waals surface area (Å²) in [6.07, 6.45) is 1.27. The largest absolute Gasteiger partial charge is 0.316 e. The Hall–Kier alpha value is -1.16. The van der Waals surface area contributed by atoms with E-state index in [-0.39, 0.29) is 0 Å². The molecule has 0 aliphatic carbocycles. The van der Waals surface area contributed by atoms with Crippen LogP contribution in [0.3, 0.4) is 0 Å². The molecular formula is C19H26N2S. The molecular weight excluding hydrogens is 288 g/mol. The summed E-state index contributed by atoms with van der Waals surface area (Å²) in [5.41, 5.74) is 1.79. The summed E-state index contributed by atoms with van der Waals surface area (Å²) in [7, 11) is 0. The van der Waals surface area contributed by atoms with Crippen LogP contribution < -0.4 is 5.32 Å². The van der Waals surface area contributed by atoms with Gasteiger partial charge in [0.2, 0.25) is 0 Å². The van der Waals surface area contributed by atoms with Crippen LogP contribution in [0.25, 0.3) is 0 Å². The average Bonchev–Trinajstić information content (AvgIpc) is 3.19. The van der Waals surface area contributed by atoms with E-state index in [9.17, 15) is 0 Å². The van der Waals surface area contributed by atoms with Crippen LogP contribution in [0.2, 0.25) is 0 Å². The third kappa shape index (κ3) is 3.78. The van der Waals surface area contributed by atoms with Crippen LogP contribution in [0.4, 0.5) is 0 Å². The summed E-state index contributed by atoms with van der Waals surface area (Å²) in [4.78, 5) is 4.11. The number of hydrogen-bond acceptors (Lipinski definition) is 3. The molecule has 2 unspecified atom stereocenters. The normalized spacial score (nSPS) is 23.0. The predicted molar refractivity (Wildman–Crippen MR) is 95.2 cm³/mol. The van der Waals surface area contributed by atoms with Crippen molar-refractivity contribution in [3.63, 3.8) is 0 Å². The van der Waals surface area contributed by atoms with Gasteiger partial charge in [0.1, 0.15) is 0 Å². The van der Waals surface area contributed by atoms with Crippen molar-refractivity contribution in [3.8, 4) is 0 Å². The van der Waals surface area contributed by atoms with Gasteiger partial charge in [-0.05, 0) is 42.3 Å². The molecule has 0 radical (unpaired) electrons. The third-order valence-electron chi connectivity index (χ3n) is 4.77. The highest BCUT2D eigenvalue weighted by Crippen LogP contribution is 2.32. The predicted octanol–water partition coefficient (Wildman–Crippen LogP) is 4.31. The topological polar surface area (TPSA) is 15.3 Å². The van der Waals surface area contributed by atoms with Gasteiger partial charge in [0.25, 0.3) is 0 Å². The lowest BCUT2D eigenvalue weighted by Crippen LogP contribution is -2.38. The molecule has 2 nitrogen and oxygen atoms in total. The fourth-order valence-corrected chi connectivity index (χ4v) is 4.17. The van der Waals surface area contributed by atoms with Gasteiger partial charge in [-0.15, -0.1) is 11.3 Å². The SMILES string of the molecule is CC(c1cccs1)N(Cc1ccccc1)CC1(C)CCNC1. The van der Waals surface area contributed by atoms with E-state index in [1.807, 2.05) is 11.3 Å². The molecule has 2 heterocycles. The lowest BCUT2D eigenvalue weighted by molar-refractivity contribution is 0.130. The van der Waals surface area contributed by atoms with Gasteiger partial charge in [-0.3, -0.25) is 4.90 Å². The van der Waals surface area contributed by atoms with Crippen molar-refractivity contribution >= 4 is 11.3 Å². The van der Waals surface area contributed by atoms with Crippen LogP contribution in [0.1, 0.15) is 36.8 Å². The molecule has 3 heteroatoms. The molecule has 2 aromatic rings. The number of nitrogens with one attached hydrogen (secondary N) is 1. The highest BCUT2D eigenvalue weighted by Gasteiger charge is 2.32. The maximum atomic E-state index is 3.53. The minimum Gasteiger partial charge on any atom is -0.316 e. The number of thiophene rings is 1. The molecule has 0 spiro atoms. The highest BCUT2D eigenvalue weighted by molar-refractivity contribution is 7.10. The van der Waals surface area contributed by atoms with Crippen LogP contribution in [0.15, 0.2) is 47.8 Å². The number of rotatable bonds is 6. The van der Waals surface area contributed by atoms with Crippen molar-refractivity contribution in [1.82, 2.24) is 10.2 Å². The van der Waals surface area contributed by atoms with Gasteiger partial charge in [0.05, 0.1) is 0 Å². The van der Waals surface area contributed by atoms with E-state index in [1.165, 1.54) is 16.9 Å². The molecule has 1 aliphatic rings. The van der Waals surface area contributed by atoms with E-state index in [1.54, 1.807) is 0 Å². The summed E-state index contributed by atoms with van der Waals surface area (Å²) >= 11 is 1.87. The quantitative estimate of drug-likeness (QED) is 0.854. The van der Waals surface area contributed by atoms with Crippen LogP contribution in [-0.4, -0.2) is 24.5 Å². The second-order valence-corrected chi connectivity index (χ2v) is 7.80. The molecule has 0 bridgehead atoms. The minimum absolute atomic E-state index is 0.389. The Bertz CT molecular complexity index is 558. The standard InChI is InChI=1S/C19H26N2S/c1-16(18-9-6-12-22-18)21(13-17-7-4-3-5-8-17)15-19(2)10-11-20-14-19/h3-9,12,16,20H,10-11,13-15H2,1-2H3. The summed E-state index contributed by atoms with van der Waals surface area (Å²) < 4.78 is 0. The number of nitrogens with zero attached hydrogens (tertiary/aromatic N) is 1. The molecule has 0 saturated carbocycles. The molecule has 118 valence electrons. The first-order chi connectivity index (χ1) is 10.7. The van der Waals surface area contributed by atoms with E-state index in [0.717, 1.165) is 26.2 Å². The van der Waals surface area contributed by atoms with Crippen LogP contribution in [0.5, 0.6) is 0 Å². The summed E-state index contributed by atoms with van der Waals surface area (Å²) in [5, 5.41) is 5.72. The van der Waals surface area contributed by atoms with Gasteiger partial charge in [0.15, 0.2) is 0 Å². The highest BCUT2D eigenvalue weighted by atomic mass is 32.1. The second-order valence-electron chi connectivity index (χ2n) is 6.82. The zero-order valence-electron chi connectivity index (χ0n) is 13.6. The fraction of sp³-hybridized carbons (Fsp3) is 0.474. The number of benzene rings is 1. The van der Waals surface area contributed by atoms with Crippen LogP contribution in [-0.2, 0) is 6.54 Å². The first-order valence-electron chi connectivity index (χ1n) is 8.18. The van der Waals surface area contributed by atoms with Gasteiger partial charge in [-0.1, -0.05) is 43.3 Å². The minimum atomic E-state index is 0.389. The monoisotopic (exact) mass is 314 g/mol. The van der Waals surface area contributed by atoms with Crippen molar-refractivity contribution in [2.75, 3.05) is 19.6 Å². The van der Waals surface area contributed by atoms with Crippen molar-refractivity contribution in [3.05, 3.63) is 58.3 Å². The van der Waals surface area contributed by atoms with Crippen molar-refractivity contribution in [2.45, 2.75) is 32.9 Å². The zero-order valence-corrected chi connectivity index (χ0v) is 14.4. The fourth-order valence-electron chi connectivity index (χ4n) is 3.35. The zero-order chi connectivity index (χ0) is 15.4. The molecule has 3 rings (SSSR count). The molecule has 1 aromatic heterocycles. The summed E-state index contributed by atoms with van der Waals surface area (Å²) in [6.45, 7) is 9.23. The van der Waals surface area contributed by atoms with Gasteiger partial charge >= 0.3 is 0 Å². The average molecular weight is 314 g/mol. The molecule has 1 aliphatic heterocycles. The molecule has 1 aromatic carbocycles. The van der Waals surface area contributed by atoms with E-state index < -0.39 is 0 Å². The van der Waals surface area contributed by atoms with E-state index in [0.29, 0.717) is 11.5 Å². The Morgan fingerprint density at radius 1 is 1.23 bits per heavy atom. The molecule has 1 N–H and O–H groups in total. The summed E-state index contributed by atoms with van der Waals surface area (Å²) in [6, 6.07) is 15.8. The van der Waals surface area contributed by atoms with Crippen molar-refractivity contribution < 1.29 is 0 Å². The Balaban J connectivity index is 1.78. The van der Waals surface area contributed by atoms with Crippen molar-refractivity contribution in [2.24, 2.45) is 5.41 Å². The van der Waals surface area contributed by atoms with Crippen LogP contribution in [0, 0.1) is 5.41 Å². The lowest BCUT2D eigenvalue weighted by atomic mass is 9.88. The summed E-state index contributed by atoms with van der Waals surface area (Å²) in [5.74, 6) is 0. The second kappa shape index (κ2) is 6.95. The number of hydrogen-bond donors (Lipinski definition) is 1. The first-order valence-corrected chi connectivity index (χ1v) is 9.06. The smallest absolute Gasteiger partial charge is 0.0417 e. The Labute approximate surface area is 138 Å². The van der Waals surface area contributed by atoms with E-state index >= 15 is 0 Å². The van der Waals surface area contributed by atoms with Gasteiger partial charge in [0, 0.05) is 30.6 Å². The van der Waals surface area contributed by atoms with Gasteiger partial charge < -0.3 is 5.32 Å². The lowest BCUT2D eigenvalue weighted by Gasteiger charge is -2.36. The molecule has 1 saturated heterocycles. The van der Waals surface area contributed by atoms with Crippen LogP contribution >= 0.6 is 11.3 Å². The molecule has 0 amide bonds. The maximum Gasteiger partial charge on any atom is 0.0417 e. The first kappa shape index (κ1) is 15.7. The Morgan fingerprint density at radius 2 is 2.05 bits per heavy atom. The van der Waals surface area contributed by atoms with E-state index in [2.05, 4.69) is 71.9 Å². The molecule has 22 heavy (non-hydrogen) atoms.